The fraction of sp³-hybridized carbons (Fsp3) is 0.783. The number of ether oxygens (including phenoxy) is 3. The van der Waals surface area contributed by atoms with Gasteiger partial charge in [-0.3, -0.25) is 0 Å². The normalized spacial score (nSPS) is 53.3. The summed E-state index contributed by atoms with van der Waals surface area (Å²) < 4.78 is 17.8. The van der Waals surface area contributed by atoms with Gasteiger partial charge >= 0.3 is 5.97 Å². The number of cyclic esters (lactones) is 1. The van der Waals surface area contributed by atoms with Crippen LogP contribution in [0.2, 0.25) is 0 Å². The molecule has 0 radical (unpaired) electrons. The van der Waals surface area contributed by atoms with E-state index in [1.807, 2.05) is 39.0 Å². The van der Waals surface area contributed by atoms with Crippen molar-refractivity contribution in [2.45, 2.75) is 76.3 Å². The van der Waals surface area contributed by atoms with Crippen molar-refractivity contribution in [3.63, 3.8) is 0 Å². The predicted molar refractivity (Wildman–Crippen MR) is 108 cm³/mol. The quantitative estimate of drug-likeness (QED) is 0.454. The number of methoxy groups -OCH3 is 1. The summed E-state index contributed by atoms with van der Waals surface area (Å²) in [5, 5.41) is 32.3. The molecule has 2 fully saturated rings. The summed E-state index contributed by atoms with van der Waals surface area (Å²) >= 11 is 0. The predicted octanol–water partition coefficient (Wildman–Crippen LogP) is 1.21. The second kappa shape index (κ2) is 7.71. The van der Waals surface area contributed by atoms with Crippen LogP contribution in [0.25, 0.3) is 0 Å². The molecule has 168 valence electrons. The van der Waals surface area contributed by atoms with Crippen LogP contribution in [0.15, 0.2) is 23.8 Å². The summed E-state index contributed by atoms with van der Waals surface area (Å²) in [6.45, 7) is 7.34. The Hall–Kier alpha value is -1.25. The number of carbonyl (C=O) groups excluding carboxylic acids is 1. The van der Waals surface area contributed by atoms with Gasteiger partial charge in [-0.15, -0.1) is 0 Å². The van der Waals surface area contributed by atoms with E-state index in [0.717, 1.165) is 5.57 Å². The third-order valence-electron chi connectivity index (χ3n) is 7.91. The van der Waals surface area contributed by atoms with E-state index in [-0.39, 0.29) is 29.6 Å². The molecule has 0 aromatic carbocycles. The number of rotatable bonds is 2. The first-order valence-electron chi connectivity index (χ1n) is 11.0. The van der Waals surface area contributed by atoms with E-state index in [1.54, 1.807) is 6.92 Å². The van der Waals surface area contributed by atoms with Gasteiger partial charge in [0.2, 0.25) is 0 Å². The average molecular weight is 423 g/mol. The largest absolute Gasteiger partial charge is 0.457 e. The summed E-state index contributed by atoms with van der Waals surface area (Å²) in [5.74, 6) is -1.63. The highest BCUT2D eigenvalue weighted by Gasteiger charge is 2.68. The summed E-state index contributed by atoms with van der Waals surface area (Å²) in [6, 6.07) is 0. The fourth-order valence-electron chi connectivity index (χ4n) is 6.34. The number of carbonyl (C=O) groups is 1. The molecule has 4 bridgehead atoms. The smallest absolute Gasteiger partial charge is 0.335 e. The maximum absolute atomic E-state index is 12.8. The Labute approximate surface area is 177 Å². The van der Waals surface area contributed by atoms with Crippen LogP contribution in [0.3, 0.4) is 0 Å². The van der Waals surface area contributed by atoms with Gasteiger partial charge in [0.1, 0.15) is 11.7 Å². The summed E-state index contributed by atoms with van der Waals surface area (Å²) in [7, 11) is 1.47. The van der Waals surface area contributed by atoms with Crippen molar-refractivity contribution in [3.05, 3.63) is 23.8 Å². The van der Waals surface area contributed by atoms with Gasteiger partial charge in [0.25, 0.3) is 0 Å². The lowest BCUT2D eigenvalue weighted by molar-refractivity contribution is -0.172. The Balaban J connectivity index is 1.86. The second-order valence-corrected chi connectivity index (χ2v) is 9.62. The van der Waals surface area contributed by atoms with E-state index in [1.165, 1.54) is 7.11 Å². The first-order valence-corrected chi connectivity index (χ1v) is 11.0. The van der Waals surface area contributed by atoms with E-state index in [9.17, 15) is 20.1 Å². The molecule has 0 unspecified atom stereocenters. The van der Waals surface area contributed by atoms with Gasteiger partial charge in [0, 0.05) is 36.7 Å². The molecule has 4 aliphatic rings. The number of esters is 1. The van der Waals surface area contributed by atoms with Gasteiger partial charge in [-0.2, -0.15) is 0 Å². The van der Waals surface area contributed by atoms with E-state index < -0.39 is 48.2 Å². The minimum Gasteiger partial charge on any atom is -0.457 e. The molecule has 1 saturated heterocycles. The van der Waals surface area contributed by atoms with Crippen LogP contribution in [0.4, 0.5) is 0 Å². The molecular weight excluding hydrogens is 388 g/mol. The molecule has 2 heterocycles. The lowest BCUT2D eigenvalue weighted by Crippen LogP contribution is -2.56. The molecular formula is C23H34O7. The van der Waals surface area contributed by atoms with Crippen LogP contribution in [0, 0.1) is 29.6 Å². The molecule has 2 aliphatic carbocycles. The first-order chi connectivity index (χ1) is 14.1. The third kappa shape index (κ3) is 3.01. The van der Waals surface area contributed by atoms with Gasteiger partial charge in [0.15, 0.2) is 6.10 Å². The molecule has 1 spiro atoms. The number of aliphatic hydroxyl groups excluding tert-OH is 3. The molecule has 0 aromatic heterocycles. The van der Waals surface area contributed by atoms with Crippen molar-refractivity contribution < 1.29 is 34.3 Å². The van der Waals surface area contributed by atoms with Crippen molar-refractivity contribution in [1.82, 2.24) is 0 Å². The molecule has 7 nitrogen and oxygen atoms in total. The highest BCUT2D eigenvalue weighted by atomic mass is 16.6. The van der Waals surface area contributed by atoms with Gasteiger partial charge in [-0.25, -0.2) is 4.79 Å². The first kappa shape index (κ1) is 22.0. The lowest BCUT2D eigenvalue weighted by Gasteiger charge is -2.48. The summed E-state index contributed by atoms with van der Waals surface area (Å²) in [4.78, 5) is 12.8. The van der Waals surface area contributed by atoms with Crippen LogP contribution in [0.1, 0.15) is 34.1 Å². The zero-order chi connectivity index (χ0) is 22.0. The molecule has 0 aromatic rings. The van der Waals surface area contributed by atoms with Crippen molar-refractivity contribution in [2.24, 2.45) is 29.6 Å². The lowest BCUT2D eigenvalue weighted by atomic mass is 9.57. The highest BCUT2D eigenvalue weighted by molar-refractivity contribution is 5.75. The Morgan fingerprint density at radius 2 is 1.93 bits per heavy atom. The van der Waals surface area contributed by atoms with Crippen molar-refractivity contribution in [1.29, 1.82) is 0 Å². The molecule has 1 saturated carbocycles. The van der Waals surface area contributed by atoms with Crippen molar-refractivity contribution in [3.8, 4) is 0 Å². The van der Waals surface area contributed by atoms with E-state index in [4.69, 9.17) is 14.2 Å². The van der Waals surface area contributed by atoms with Crippen LogP contribution in [-0.2, 0) is 19.0 Å². The highest BCUT2D eigenvalue weighted by Crippen LogP contribution is 2.60. The molecule has 3 N–H and O–H groups in total. The maximum atomic E-state index is 12.8. The van der Waals surface area contributed by atoms with Crippen LogP contribution in [-0.4, -0.2) is 70.6 Å². The molecule has 12 atom stereocenters. The molecule has 30 heavy (non-hydrogen) atoms. The number of aliphatic hydroxyl groups is 3. The van der Waals surface area contributed by atoms with Crippen LogP contribution < -0.4 is 0 Å². The standard InChI is InChI=1S/C23H34O7/c1-10-8-11(2)23-14(9-16(28-5)22(27)29-20(10)13(4)24)6-7-15-17(23)18(25)12(3)19(26)21(15)30-23/h6-8,10,12-21,24-26H,9H2,1-5H3/b11-8+/t10-,12-,13-,14-,15+,16+,17+,18-,19-,20+,21-,23+/m1/s1. The average Bonchev–Trinajstić information content (AvgIpc) is 2.91. The minimum absolute atomic E-state index is 0.0930. The van der Waals surface area contributed by atoms with Crippen molar-refractivity contribution in [2.75, 3.05) is 7.11 Å². The zero-order valence-corrected chi connectivity index (χ0v) is 18.3. The SMILES string of the molecule is CO[C@H]1C[C@H]2C=C[C@@H]3[C@H]4O[C@]2(/C(C)=C/[C@@H](C)[C@@H]([C@@H](C)O)OC1=O)[C@@H]3[C@H](O)[C@@H](C)[C@H]4O. The third-order valence-corrected chi connectivity index (χ3v) is 7.91. The molecule has 0 amide bonds. The minimum atomic E-state index is -0.853. The monoisotopic (exact) mass is 422 g/mol. The van der Waals surface area contributed by atoms with E-state index in [2.05, 4.69) is 0 Å². The van der Waals surface area contributed by atoms with Crippen LogP contribution >= 0.6 is 0 Å². The van der Waals surface area contributed by atoms with Gasteiger partial charge in [0.05, 0.1) is 24.4 Å². The number of hydrogen-bond acceptors (Lipinski definition) is 7. The van der Waals surface area contributed by atoms with Gasteiger partial charge in [-0.1, -0.05) is 32.1 Å². The Bertz CT molecular complexity index is 746. The molecule has 2 aliphatic heterocycles. The number of hydrogen-bond donors (Lipinski definition) is 3. The van der Waals surface area contributed by atoms with Crippen molar-refractivity contribution >= 4 is 5.97 Å². The van der Waals surface area contributed by atoms with E-state index >= 15 is 0 Å². The Morgan fingerprint density at radius 1 is 1.23 bits per heavy atom. The van der Waals surface area contributed by atoms with Crippen LogP contribution in [0.5, 0.6) is 0 Å². The van der Waals surface area contributed by atoms with Gasteiger partial charge < -0.3 is 29.5 Å². The molecule has 4 rings (SSSR count). The zero-order valence-electron chi connectivity index (χ0n) is 18.3. The summed E-state index contributed by atoms with van der Waals surface area (Å²) in [6.07, 6.45) is 2.09. The van der Waals surface area contributed by atoms with Gasteiger partial charge in [-0.05, 0) is 25.8 Å². The Morgan fingerprint density at radius 3 is 2.57 bits per heavy atom. The molecule has 7 heteroatoms. The summed E-state index contributed by atoms with van der Waals surface area (Å²) in [5.41, 5.74) is 0.0851. The van der Waals surface area contributed by atoms with E-state index in [0.29, 0.717) is 6.42 Å². The second-order valence-electron chi connectivity index (χ2n) is 9.62. The Kier molecular flexibility index (Phi) is 5.64. The maximum Gasteiger partial charge on any atom is 0.335 e. The topological polar surface area (TPSA) is 105 Å². The fourth-order valence-corrected chi connectivity index (χ4v) is 6.34.